The molecule has 4 rings (SSSR count). The van der Waals surface area contributed by atoms with Crippen LogP contribution in [0.4, 0.5) is 5.69 Å². The highest BCUT2D eigenvalue weighted by atomic mass is 16.5. The van der Waals surface area contributed by atoms with Gasteiger partial charge in [0.2, 0.25) is 0 Å². The summed E-state index contributed by atoms with van der Waals surface area (Å²) in [4.78, 5) is 21.8. The van der Waals surface area contributed by atoms with Crippen LogP contribution >= 0.6 is 0 Å². The number of para-hydroxylation sites is 1. The monoisotopic (exact) mass is 446 g/mol. The number of likely N-dealkylation sites (N-methyl/N-ethyl adjacent to an activating group) is 1. The quantitative estimate of drug-likeness (QED) is 0.595. The molecule has 1 aromatic heterocycles. The third-order valence-electron chi connectivity index (χ3n) is 6.09. The molecule has 0 bridgehead atoms. The minimum atomic E-state index is 0.00933. The van der Waals surface area contributed by atoms with E-state index in [4.69, 9.17) is 9.47 Å². The van der Waals surface area contributed by atoms with E-state index in [1.165, 1.54) is 0 Å². The van der Waals surface area contributed by atoms with Gasteiger partial charge in [0.05, 0.1) is 25.9 Å². The van der Waals surface area contributed by atoms with Crippen LogP contribution in [0.15, 0.2) is 67.0 Å². The number of aromatic nitrogens is 1. The van der Waals surface area contributed by atoms with E-state index in [2.05, 4.69) is 28.3 Å². The molecule has 7 nitrogen and oxygen atoms in total. The number of methoxy groups -OCH3 is 2. The lowest BCUT2D eigenvalue weighted by molar-refractivity contribution is 0.0542. The predicted octanol–water partition coefficient (Wildman–Crippen LogP) is 3.84. The van der Waals surface area contributed by atoms with Gasteiger partial charge in [0, 0.05) is 49.7 Å². The van der Waals surface area contributed by atoms with Crippen LogP contribution in [0.2, 0.25) is 0 Å². The van der Waals surface area contributed by atoms with Crippen molar-refractivity contribution in [3.8, 4) is 11.5 Å². The molecule has 0 aliphatic carbocycles. The number of ether oxygens (including phenoxy) is 2. The maximum absolute atomic E-state index is 13.5. The maximum atomic E-state index is 13.5. The highest BCUT2D eigenvalue weighted by Crippen LogP contribution is 2.32. The summed E-state index contributed by atoms with van der Waals surface area (Å²) in [5, 5.41) is 3.37. The zero-order valence-corrected chi connectivity index (χ0v) is 19.3. The Bertz CT molecular complexity index is 1090. The van der Waals surface area contributed by atoms with Gasteiger partial charge in [-0.2, -0.15) is 0 Å². The van der Waals surface area contributed by atoms with Crippen molar-refractivity contribution >= 4 is 11.6 Å². The smallest absolute Gasteiger partial charge is 0.254 e. The van der Waals surface area contributed by atoms with Crippen molar-refractivity contribution in [3.05, 3.63) is 83.7 Å². The summed E-state index contributed by atoms with van der Waals surface area (Å²) in [6, 6.07) is 17.5. The van der Waals surface area contributed by atoms with E-state index in [1.54, 1.807) is 20.4 Å². The molecule has 172 valence electrons. The van der Waals surface area contributed by atoms with Gasteiger partial charge >= 0.3 is 0 Å². The van der Waals surface area contributed by atoms with Gasteiger partial charge in [-0.15, -0.1) is 0 Å². The van der Waals surface area contributed by atoms with Crippen LogP contribution in [0.5, 0.6) is 11.5 Å². The highest BCUT2D eigenvalue weighted by molar-refractivity contribution is 5.95. The van der Waals surface area contributed by atoms with Gasteiger partial charge in [-0.25, -0.2) is 0 Å². The normalized spacial score (nSPS) is 16.3. The van der Waals surface area contributed by atoms with Crippen molar-refractivity contribution in [2.75, 3.05) is 46.2 Å². The second-order valence-electron chi connectivity index (χ2n) is 8.12. The van der Waals surface area contributed by atoms with E-state index in [1.807, 2.05) is 59.6 Å². The average Bonchev–Trinajstić information content (AvgIpc) is 2.87. The Balaban J connectivity index is 1.53. The van der Waals surface area contributed by atoms with E-state index >= 15 is 0 Å². The fourth-order valence-electron chi connectivity index (χ4n) is 4.20. The Morgan fingerprint density at radius 2 is 1.88 bits per heavy atom. The zero-order chi connectivity index (χ0) is 23.2. The van der Waals surface area contributed by atoms with Crippen LogP contribution in [0.1, 0.15) is 27.5 Å². The number of benzene rings is 2. The molecule has 1 aliphatic heterocycles. The maximum Gasteiger partial charge on any atom is 0.254 e. The number of nitrogens with zero attached hydrogens (tertiary/aromatic N) is 3. The minimum absolute atomic E-state index is 0.00933. The molecule has 1 aliphatic rings. The van der Waals surface area contributed by atoms with Crippen molar-refractivity contribution < 1.29 is 14.3 Å². The number of carbonyl (C=O) groups is 1. The lowest BCUT2D eigenvalue weighted by atomic mass is 10.0. The van der Waals surface area contributed by atoms with Gasteiger partial charge in [0.1, 0.15) is 11.5 Å². The van der Waals surface area contributed by atoms with Gasteiger partial charge in [0.25, 0.3) is 5.91 Å². The van der Waals surface area contributed by atoms with E-state index in [0.717, 1.165) is 29.1 Å². The first-order chi connectivity index (χ1) is 16.1. The number of anilines is 1. The van der Waals surface area contributed by atoms with E-state index in [9.17, 15) is 4.79 Å². The van der Waals surface area contributed by atoms with Crippen molar-refractivity contribution in [3.63, 3.8) is 0 Å². The summed E-state index contributed by atoms with van der Waals surface area (Å²) in [7, 11) is 5.40. The molecule has 1 atom stereocenters. The van der Waals surface area contributed by atoms with Gasteiger partial charge in [0.15, 0.2) is 0 Å². The minimum Gasteiger partial charge on any atom is -0.496 e. The van der Waals surface area contributed by atoms with Crippen LogP contribution in [-0.2, 0) is 6.54 Å². The lowest BCUT2D eigenvalue weighted by Crippen LogP contribution is -2.49. The van der Waals surface area contributed by atoms with Gasteiger partial charge < -0.3 is 19.7 Å². The molecule has 1 fully saturated rings. The summed E-state index contributed by atoms with van der Waals surface area (Å²) in [5.41, 5.74) is 3.55. The zero-order valence-electron chi connectivity index (χ0n) is 19.3. The van der Waals surface area contributed by atoms with Gasteiger partial charge in [-0.05, 0) is 42.9 Å². The SMILES string of the molecule is COc1ccc(C(=O)N2CCN(C)[C@@H](c3ccccc3OC)C2)cc1NCc1cccnc1. The number of pyridine rings is 1. The molecule has 1 N–H and O–H groups in total. The summed E-state index contributed by atoms with van der Waals surface area (Å²) >= 11 is 0. The number of rotatable bonds is 7. The Kier molecular flexibility index (Phi) is 7.10. The Morgan fingerprint density at radius 3 is 2.64 bits per heavy atom. The highest BCUT2D eigenvalue weighted by Gasteiger charge is 2.30. The summed E-state index contributed by atoms with van der Waals surface area (Å²) in [5.74, 6) is 1.55. The fourth-order valence-corrected chi connectivity index (χ4v) is 4.20. The number of piperazine rings is 1. The number of nitrogens with one attached hydrogen (secondary N) is 1. The third-order valence-corrected chi connectivity index (χ3v) is 6.09. The molecule has 0 radical (unpaired) electrons. The number of hydrogen-bond donors (Lipinski definition) is 1. The Hall–Kier alpha value is -3.58. The molecule has 3 aromatic rings. The van der Waals surface area contributed by atoms with Crippen molar-refractivity contribution in [1.29, 1.82) is 0 Å². The average molecular weight is 447 g/mol. The second kappa shape index (κ2) is 10.4. The van der Waals surface area contributed by atoms with Crippen molar-refractivity contribution in [1.82, 2.24) is 14.8 Å². The number of carbonyl (C=O) groups excluding carboxylic acids is 1. The van der Waals surface area contributed by atoms with Crippen molar-refractivity contribution in [2.24, 2.45) is 0 Å². The molecule has 2 aromatic carbocycles. The number of hydrogen-bond acceptors (Lipinski definition) is 6. The van der Waals surface area contributed by atoms with Crippen molar-refractivity contribution in [2.45, 2.75) is 12.6 Å². The largest absolute Gasteiger partial charge is 0.496 e. The first kappa shape index (κ1) is 22.6. The van der Waals surface area contributed by atoms with Crippen LogP contribution in [0.25, 0.3) is 0 Å². The molecule has 0 unspecified atom stereocenters. The van der Waals surface area contributed by atoms with E-state index in [0.29, 0.717) is 30.9 Å². The van der Waals surface area contributed by atoms with Crippen LogP contribution < -0.4 is 14.8 Å². The molecule has 1 amide bonds. The first-order valence-electron chi connectivity index (χ1n) is 11.0. The van der Waals surface area contributed by atoms with Crippen LogP contribution in [0, 0.1) is 0 Å². The summed E-state index contributed by atoms with van der Waals surface area (Å²) in [6.45, 7) is 2.65. The molecule has 1 saturated heterocycles. The molecule has 2 heterocycles. The van der Waals surface area contributed by atoms with Gasteiger partial charge in [-0.1, -0.05) is 24.3 Å². The standard InChI is InChI=1S/C26H30N4O3/c1-29-13-14-30(18-23(29)21-8-4-5-9-24(21)32-2)26(31)20-10-11-25(33-3)22(15-20)28-17-19-7-6-12-27-16-19/h4-12,15-16,23,28H,13-14,17-18H2,1-3H3/t23-/m1/s1. The fraction of sp³-hybridized carbons (Fsp3) is 0.308. The first-order valence-corrected chi connectivity index (χ1v) is 11.0. The molecular formula is C26H30N4O3. The topological polar surface area (TPSA) is 66.9 Å². The van der Waals surface area contributed by atoms with Gasteiger partial charge in [-0.3, -0.25) is 14.7 Å². The van der Waals surface area contributed by atoms with Crippen LogP contribution in [-0.4, -0.2) is 61.6 Å². The number of amides is 1. The summed E-state index contributed by atoms with van der Waals surface area (Å²) in [6.07, 6.45) is 3.56. The Labute approximate surface area is 195 Å². The molecule has 7 heteroatoms. The molecule has 0 spiro atoms. The molecule has 0 saturated carbocycles. The van der Waals surface area contributed by atoms with Crippen LogP contribution in [0.3, 0.4) is 0 Å². The Morgan fingerprint density at radius 1 is 1.06 bits per heavy atom. The van der Waals surface area contributed by atoms with E-state index < -0.39 is 0 Å². The molecular weight excluding hydrogens is 416 g/mol. The third kappa shape index (κ3) is 5.09. The lowest BCUT2D eigenvalue weighted by Gasteiger charge is -2.40. The molecule has 33 heavy (non-hydrogen) atoms. The summed E-state index contributed by atoms with van der Waals surface area (Å²) < 4.78 is 11.1. The second-order valence-corrected chi connectivity index (χ2v) is 8.12. The van der Waals surface area contributed by atoms with E-state index in [-0.39, 0.29) is 11.9 Å². The predicted molar refractivity (Wildman–Crippen MR) is 129 cm³/mol.